The number of carbonyl (C=O) groups is 3. The topological polar surface area (TPSA) is 98.7 Å². The van der Waals surface area contributed by atoms with E-state index in [0.29, 0.717) is 13.1 Å². The van der Waals surface area contributed by atoms with Gasteiger partial charge >= 0.3 is 12.0 Å². The first-order valence-electron chi connectivity index (χ1n) is 7.07. The van der Waals surface area contributed by atoms with Crippen LogP contribution in [0.2, 0.25) is 0 Å². The second kappa shape index (κ2) is 8.39. The predicted molar refractivity (Wildman–Crippen MR) is 73.3 cm³/mol. The summed E-state index contributed by atoms with van der Waals surface area (Å²) in [6, 6.07) is -0.522. The van der Waals surface area contributed by atoms with E-state index in [0.717, 1.165) is 19.3 Å². The van der Waals surface area contributed by atoms with Crippen molar-refractivity contribution < 1.29 is 19.5 Å². The SMILES string of the molecule is CCNC(=O)CCNC(=O)N1CCCCC1CC(=O)O. The molecule has 1 aliphatic rings. The van der Waals surface area contributed by atoms with Crippen LogP contribution in [0.4, 0.5) is 4.79 Å². The smallest absolute Gasteiger partial charge is 0.317 e. The summed E-state index contributed by atoms with van der Waals surface area (Å²) in [6.07, 6.45) is 2.76. The molecule has 3 N–H and O–H groups in total. The zero-order valence-electron chi connectivity index (χ0n) is 11.9. The number of carboxylic acids is 1. The van der Waals surface area contributed by atoms with Gasteiger partial charge < -0.3 is 20.6 Å². The molecule has 0 radical (unpaired) electrons. The molecular formula is C13H23N3O4. The first-order valence-corrected chi connectivity index (χ1v) is 7.07. The Morgan fingerprint density at radius 1 is 1.25 bits per heavy atom. The Hall–Kier alpha value is -1.79. The number of amides is 3. The number of likely N-dealkylation sites (tertiary alicyclic amines) is 1. The maximum Gasteiger partial charge on any atom is 0.317 e. The van der Waals surface area contributed by atoms with Crippen molar-refractivity contribution in [3.63, 3.8) is 0 Å². The molecule has 0 aliphatic carbocycles. The summed E-state index contributed by atoms with van der Waals surface area (Å²) >= 11 is 0. The van der Waals surface area contributed by atoms with Gasteiger partial charge in [0.1, 0.15) is 0 Å². The van der Waals surface area contributed by atoms with Crippen molar-refractivity contribution in [2.45, 2.75) is 45.1 Å². The van der Waals surface area contributed by atoms with E-state index in [4.69, 9.17) is 5.11 Å². The Morgan fingerprint density at radius 3 is 2.65 bits per heavy atom. The van der Waals surface area contributed by atoms with Crippen LogP contribution < -0.4 is 10.6 Å². The Balaban J connectivity index is 2.39. The number of carbonyl (C=O) groups excluding carboxylic acids is 2. The molecule has 0 aromatic carbocycles. The maximum atomic E-state index is 12.0. The van der Waals surface area contributed by atoms with Crippen LogP contribution >= 0.6 is 0 Å². The minimum Gasteiger partial charge on any atom is -0.481 e. The summed E-state index contributed by atoms with van der Waals surface area (Å²) in [6.45, 7) is 3.24. The lowest BCUT2D eigenvalue weighted by atomic mass is 10.00. The van der Waals surface area contributed by atoms with Crippen molar-refractivity contribution >= 4 is 17.9 Å². The normalized spacial score (nSPS) is 18.4. The van der Waals surface area contributed by atoms with Gasteiger partial charge in [-0.25, -0.2) is 4.79 Å². The number of rotatable bonds is 6. The van der Waals surface area contributed by atoms with Crippen molar-refractivity contribution in [2.75, 3.05) is 19.6 Å². The Labute approximate surface area is 118 Å². The van der Waals surface area contributed by atoms with Gasteiger partial charge in [0.2, 0.25) is 5.91 Å². The summed E-state index contributed by atoms with van der Waals surface area (Å²) in [5, 5.41) is 14.2. The average molecular weight is 285 g/mol. The van der Waals surface area contributed by atoms with Gasteiger partial charge in [-0.05, 0) is 26.2 Å². The number of aliphatic carboxylic acids is 1. The minimum absolute atomic E-state index is 0.0241. The molecule has 7 heteroatoms. The Bertz CT molecular complexity index is 360. The van der Waals surface area contributed by atoms with Crippen LogP contribution in [0.3, 0.4) is 0 Å². The lowest BCUT2D eigenvalue weighted by Gasteiger charge is -2.34. The first-order chi connectivity index (χ1) is 9.54. The highest BCUT2D eigenvalue weighted by molar-refractivity contribution is 5.78. The van der Waals surface area contributed by atoms with Crippen LogP contribution in [0, 0.1) is 0 Å². The number of nitrogens with one attached hydrogen (secondary N) is 2. The predicted octanol–water partition coefficient (Wildman–Crippen LogP) is 0.551. The van der Waals surface area contributed by atoms with E-state index < -0.39 is 5.97 Å². The second-order valence-corrected chi connectivity index (χ2v) is 4.88. The molecule has 0 spiro atoms. The lowest BCUT2D eigenvalue weighted by molar-refractivity contribution is -0.138. The molecule has 114 valence electrons. The van der Waals surface area contributed by atoms with Crippen molar-refractivity contribution in [1.82, 2.24) is 15.5 Å². The van der Waals surface area contributed by atoms with Gasteiger partial charge in [-0.15, -0.1) is 0 Å². The lowest BCUT2D eigenvalue weighted by Crippen LogP contribution is -2.49. The van der Waals surface area contributed by atoms with Crippen LogP contribution in [0.15, 0.2) is 0 Å². The highest BCUT2D eigenvalue weighted by Gasteiger charge is 2.28. The third-order valence-electron chi connectivity index (χ3n) is 3.30. The van der Waals surface area contributed by atoms with Crippen LogP contribution in [0.5, 0.6) is 0 Å². The van der Waals surface area contributed by atoms with Gasteiger partial charge in [-0.2, -0.15) is 0 Å². The number of hydrogen-bond acceptors (Lipinski definition) is 3. The van der Waals surface area contributed by atoms with Crippen LogP contribution in [-0.4, -0.2) is 53.6 Å². The first kappa shape index (κ1) is 16.3. The van der Waals surface area contributed by atoms with Gasteiger partial charge in [0.05, 0.1) is 6.42 Å². The molecule has 1 saturated heterocycles. The molecule has 0 aromatic rings. The van der Waals surface area contributed by atoms with E-state index in [1.54, 1.807) is 4.90 Å². The summed E-state index contributed by atoms with van der Waals surface area (Å²) in [7, 11) is 0. The average Bonchev–Trinajstić information content (AvgIpc) is 2.38. The van der Waals surface area contributed by atoms with Gasteiger partial charge in [-0.1, -0.05) is 0 Å². The van der Waals surface area contributed by atoms with E-state index in [-0.39, 0.29) is 37.4 Å². The van der Waals surface area contributed by atoms with Crippen LogP contribution in [0.1, 0.15) is 39.0 Å². The van der Waals surface area contributed by atoms with Crippen molar-refractivity contribution in [1.29, 1.82) is 0 Å². The monoisotopic (exact) mass is 285 g/mol. The molecule has 1 atom stereocenters. The van der Waals surface area contributed by atoms with Crippen LogP contribution in [0.25, 0.3) is 0 Å². The second-order valence-electron chi connectivity index (χ2n) is 4.88. The molecule has 7 nitrogen and oxygen atoms in total. The van der Waals surface area contributed by atoms with Gasteiger partial charge in [0.25, 0.3) is 0 Å². The highest BCUT2D eigenvalue weighted by atomic mass is 16.4. The number of hydrogen-bond donors (Lipinski definition) is 3. The van der Waals surface area contributed by atoms with E-state index >= 15 is 0 Å². The molecule has 1 fully saturated rings. The minimum atomic E-state index is -0.892. The number of piperidine rings is 1. The van der Waals surface area contributed by atoms with Crippen LogP contribution in [-0.2, 0) is 9.59 Å². The van der Waals surface area contributed by atoms with Crippen molar-refractivity contribution in [3.05, 3.63) is 0 Å². The summed E-state index contributed by atoms with van der Waals surface area (Å²) < 4.78 is 0. The molecule has 1 heterocycles. The van der Waals surface area contributed by atoms with E-state index in [1.165, 1.54) is 0 Å². The Kier molecular flexibility index (Phi) is 6.83. The third kappa shape index (κ3) is 5.46. The summed E-state index contributed by atoms with van der Waals surface area (Å²) in [5.74, 6) is -0.995. The number of urea groups is 1. The van der Waals surface area contributed by atoms with Gasteiger partial charge in [-0.3, -0.25) is 9.59 Å². The largest absolute Gasteiger partial charge is 0.481 e. The highest BCUT2D eigenvalue weighted by Crippen LogP contribution is 2.19. The summed E-state index contributed by atoms with van der Waals surface area (Å²) in [5.41, 5.74) is 0. The Morgan fingerprint density at radius 2 is 2.00 bits per heavy atom. The fourth-order valence-corrected chi connectivity index (χ4v) is 2.35. The van der Waals surface area contributed by atoms with Gasteiger partial charge in [0, 0.05) is 32.1 Å². The van der Waals surface area contributed by atoms with Crippen molar-refractivity contribution in [3.8, 4) is 0 Å². The maximum absolute atomic E-state index is 12.0. The summed E-state index contributed by atoms with van der Waals surface area (Å²) in [4.78, 5) is 35.7. The molecule has 0 aromatic heterocycles. The molecule has 1 aliphatic heterocycles. The quantitative estimate of drug-likeness (QED) is 0.663. The molecule has 0 bridgehead atoms. The fraction of sp³-hybridized carbons (Fsp3) is 0.769. The number of nitrogens with zero attached hydrogens (tertiary/aromatic N) is 1. The molecule has 3 amide bonds. The standard InChI is InChI=1S/C13H23N3O4/c1-2-14-11(17)6-7-15-13(20)16-8-4-3-5-10(16)9-12(18)19/h10H,2-9H2,1H3,(H,14,17)(H,15,20)(H,18,19). The molecule has 1 rings (SSSR count). The fourth-order valence-electron chi connectivity index (χ4n) is 2.35. The number of carboxylic acid groups (broad SMARTS) is 1. The molecule has 1 unspecified atom stereocenters. The molecule has 20 heavy (non-hydrogen) atoms. The van der Waals surface area contributed by atoms with E-state index in [1.807, 2.05) is 6.92 Å². The third-order valence-corrected chi connectivity index (χ3v) is 3.30. The molecular weight excluding hydrogens is 262 g/mol. The van der Waals surface area contributed by atoms with E-state index in [2.05, 4.69) is 10.6 Å². The van der Waals surface area contributed by atoms with Crippen molar-refractivity contribution in [2.24, 2.45) is 0 Å². The zero-order chi connectivity index (χ0) is 15.0. The van der Waals surface area contributed by atoms with E-state index in [9.17, 15) is 14.4 Å². The zero-order valence-corrected chi connectivity index (χ0v) is 11.9. The molecule has 0 saturated carbocycles. The van der Waals surface area contributed by atoms with Gasteiger partial charge in [0.15, 0.2) is 0 Å².